The third-order valence-electron chi connectivity index (χ3n) is 3.49. The van der Waals surface area contributed by atoms with Crippen LogP contribution in [0, 0.1) is 6.92 Å². The summed E-state index contributed by atoms with van der Waals surface area (Å²) in [5, 5.41) is 0. The molecule has 3 rings (SSSR count). The Bertz CT molecular complexity index is 818. The van der Waals surface area contributed by atoms with Crippen LogP contribution in [0.5, 0.6) is 5.75 Å². The van der Waals surface area contributed by atoms with E-state index in [9.17, 15) is 4.79 Å². The molecule has 0 N–H and O–H groups in total. The summed E-state index contributed by atoms with van der Waals surface area (Å²) in [6.07, 6.45) is -0.439. The second kappa shape index (κ2) is 6.63. The highest BCUT2D eigenvalue weighted by molar-refractivity contribution is 9.10. The van der Waals surface area contributed by atoms with Gasteiger partial charge in [-0.1, -0.05) is 6.07 Å². The van der Waals surface area contributed by atoms with Gasteiger partial charge in [-0.15, -0.1) is 0 Å². The highest BCUT2D eigenvalue weighted by Gasteiger charge is 2.31. The fraction of sp³-hybridized carbons (Fsp3) is 0.389. The number of hydrogen-bond donors (Lipinski definition) is 0. The zero-order valence-electron chi connectivity index (χ0n) is 14.7. The van der Waals surface area contributed by atoms with Gasteiger partial charge in [-0.05, 0) is 61.8 Å². The van der Waals surface area contributed by atoms with E-state index in [1.807, 2.05) is 52.0 Å². The van der Waals surface area contributed by atoms with Gasteiger partial charge in [0, 0.05) is 5.69 Å². The molecule has 2 aromatic rings. The molecule has 0 saturated carbocycles. The summed E-state index contributed by atoms with van der Waals surface area (Å²) in [5.74, 6) is 0.974. The van der Waals surface area contributed by atoms with Crippen molar-refractivity contribution < 1.29 is 14.3 Å². The van der Waals surface area contributed by atoms with Crippen molar-refractivity contribution in [1.29, 1.82) is 0 Å². The van der Waals surface area contributed by atoms with Crippen LogP contribution in [0.25, 0.3) is 11.4 Å². The van der Waals surface area contributed by atoms with Gasteiger partial charge < -0.3 is 9.47 Å². The lowest BCUT2D eigenvalue weighted by Gasteiger charge is -2.31. The fourth-order valence-corrected chi connectivity index (χ4v) is 2.97. The maximum Gasteiger partial charge on any atom is 0.416 e. The molecule has 0 aromatic carbocycles. The summed E-state index contributed by atoms with van der Waals surface area (Å²) in [6, 6.07) is 7.58. The Balaban J connectivity index is 2.04. The zero-order chi connectivity index (χ0) is 18.2. The lowest BCUT2D eigenvalue weighted by molar-refractivity contribution is 0.0566. The average molecular weight is 406 g/mol. The molecule has 0 fully saturated rings. The van der Waals surface area contributed by atoms with Crippen molar-refractivity contribution in [3.05, 3.63) is 34.4 Å². The molecule has 1 aliphatic heterocycles. The molecular formula is C18H20BrN3O3. The summed E-state index contributed by atoms with van der Waals surface area (Å²) in [7, 11) is 0. The van der Waals surface area contributed by atoms with Crippen molar-refractivity contribution in [2.45, 2.75) is 33.3 Å². The van der Waals surface area contributed by atoms with E-state index >= 15 is 0 Å². The van der Waals surface area contributed by atoms with Gasteiger partial charge in [-0.25, -0.2) is 9.78 Å². The number of anilines is 1. The number of rotatable bonds is 1. The quantitative estimate of drug-likeness (QED) is 0.705. The number of pyridine rings is 2. The Morgan fingerprint density at radius 2 is 2.04 bits per heavy atom. The standard InChI is InChI=1S/C18H20BrN3O3/c1-11-6-5-7-13(20-11)14-10-12(19)15-16(21-14)22(8-9-24-15)17(23)25-18(2,3)4/h5-7,10H,8-9H2,1-4H3. The van der Waals surface area contributed by atoms with Gasteiger partial charge in [-0.2, -0.15) is 0 Å². The smallest absolute Gasteiger partial charge is 0.416 e. The minimum absolute atomic E-state index is 0.381. The molecule has 0 aliphatic carbocycles. The normalized spacial score (nSPS) is 13.9. The van der Waals surface area contributed by atoms with E-state index in [1.54, 1.807) is 0 Å². The molecule has 0 spiro atoms. The van der Waals surface area contributed by atoms with E-state index in [-0.39, 0.29) is 0 Å². The Kier molecular flexibility index (Phi) is 4.69. The number of nitrogens with zero attached hydrogens (tertiary/aromatic N) is 3. The van der Waals surface area contributed by atoms with Crippen LogP contribution in [0.3, 0.4) is 0 Å². The molecule has 6 nitrogen and oxygen atoms in total. The third kappa shape index (κ3) is 3.92. The van der Waals surface area contributed by atoms with E-state index in [4.69, 9.17) is 9.47 Å². The largest absolute Gasteiger partial charge is 0.487 e. The van der Waals surface area contributed by atoms with Gasteiger partial charge in [0.2, 0.25) is 0 Å². The first kappa shape index (κ1) is 17.7. The Morgan fingerprint density at radius 1 is 1.28 bits per heavy atom. The highest BCUT2D eigenvalue weighted by Crippen LogP contribution is 2.39. The Hall–Kier alpha value is -2.15. The molecule has 25 heavy (non-hydrogen) atoms. The maximum atomic E-state index is 12.6. The first-order valence-corrected chi connectivity index (χ1v) is 8.82. The monoisotopic (exact) mass is 405 g/mol. The molecule has 2 aromatic heterocycles. The summed E-state index contributed by atoms with van der Waals surface area (Å²) in [4.78, 5) is 23.2. The van der Waals surface area contributed by atoms with Gasteiger partial charge in [-0.3, -0.25) is 9.88 Å². The predicted molar refractivity (Wildman–Crippen MR) is 99.0 cm³/mol. The molecule has 3 heterocycles. The van der Waals surface area contributed by atoms with Gasteiger partial charge >= 0.3 is 6.09 Å². The van der Waals surface area contributed by atoms with Gasteiger partial charge in [0.25, 0.3) is 0 Å². The summed E-state index contributed by atoms with van der Waals surface area (Å²) in [6.45, 7) is 8.20. The summed E-state index contributed by atoms with van der Waals surface area (Å²) < 4.78 is 11.9. The van der Waals surface area contributed by atoms with Crippen LogP contribution in [0.15, 0.2) is 28.7 Å². The lowest BCUT2D eigenvalue weighted by Crippen LogP contribution is -2.42. The average Bonchev–Trinajstić information content (AvgIpc) is 2.52. The van der Waals surface area contributed by atoms with Crippen LogP contribution in [0.1, 0.15) is 26.5 Å². The van der Waals surface area contributed by atoms with Gasteiger partial charge in [0.15, 0.2) is 11.6 Å². The number of halogens is 1. The minimum Gasteiger partial charge on any atom is -0.487 e. The van der Waals surface area contributed by atoms with Crippen molar-refractivity contribution in [1.82, 2.24) is 9.97 Å². The number of carbonyl (C=O) groups excluding carboxylic acids is 1. The second-order valence-corrected chi connectivity index (χ2v) is 7.64. The first-order valence-electron chi connectivity index (χ1n) is 8.02. The summed E-state index contributed by atoms with van der Waals surface area (Å²) in [5.41, 5.74) is 1.71. The molecule has 1 amide bonds. The number of hydrogen-bond acceptors (Lipinski definition) is 5. The van der Waals surface area contributed by atoms with Crippen molar-refractivity contribution >= 4 is 27.8 Å². The van der Waals surface area contributed by atoms with Crippen molar-refractivity contribution in [3.63, 3.8) is 0 Å². The SMILES string of the molecule is Cc1cccc(-c2cc(Br)c3c(n2)N(C(=O)OC(C)(C)C)CCO3)n1. The van der Waals surface area contributed by atoms with E-state index in [0.717, 1.165) is 15.9 Å². The van der Waals surface area contributed by atoms with Crippen LogP contribution < -0.4 is 9.64 Å². The predicted octanol–water partition coefficient (Wildman–Crippen LogP) is 4.35. The molecule has 0 radical (unpaired) electrons. The minimum atomic E-state index is -0.581. The molecule has 132 valence electrons. The molecule has 7 heteroatoms. The topological polar surface area (TPSA) is 64.6 Å². The lowest BCUT2D eigenvalue weighted by atomic mass is 10.2. The van der Waals surface area contributed by atoms with E-state index < -0.39 is 11.7 Å². The van der Waals surface area contributed by atoms with Gasteiger partial charge in [0.1, 0.15) is 12.2 Å². The molecule has 0 saturated heterocycles. The number of aromatic nitrogens is 2. The third-order valence-corrected chi connectivity index (χ3v) is 4.08. The Morgan fingerprint density at radius 3 is 2.72 bits per heavy atom. The number of aryl methyl sites for hydroxylation is 1. The molecule has 0 bridgehead atoms. The van der Waals surface area contributed by atoms with Crippen LogP contribution >= 0.6 is 15.9 Å². The van der Waals surface area contributed by atoms with E-state index in [0.29, 0.717) is 30.4 Å². The molecule has 0 unspecified atom stereocenters. The van der Waals surface area contributed by atoms with Crippen molar-refractivity contribution in [3.8, 4) is 17.1 Å². The van der Waals surface area contributed by atoms with Crippen molar-refractivity contribution in [2.75, 3.05) is 18.1 Å². The summed E-state index contributed by atoms with van der Waals surface area (Å²) >= 11 is 3.52. The molecular weight excluding hydrogens is 386 g/mol. The van der Waals surface area contributed by atoms with E-state index in [1.165, 1.54) is 4.90 Å². The number of ether oxygens (including phenoxy) is 2. The van der Waals surface area contributed by atoms with Gasteiger partial charge in [0.05, 0.1) is 22.4 Å². The van der Waals surface area contributed by atoms with Crippen LogP contribution in [-0.2, 0) is 4.74 Å². The highest BCUT2D eigenvalue weighted by atomic mass is 79.9. The molecule has 0 atom stereocenters. The maximum absolute atomic E-state index is 12.6. The van der Waals surface area contributed by atoms with Crippen LogP contribution in [0.2, 0.25) is 0 Å². The number of carbonyl (C=O) groups is 1. The zero-order valence-corrected chi connectivity index (χ0v) is 16.3. The van der Waals surface area contributed by atoms with Crippen molar-refractivity contribution in [2.24, 2.45) is 0 Å². The molecule has 1 aliphatic rings. The van der Waals surface area contributed by atoms with E-state index in [2.05, 4.69) is 25.9 Å². The van der Waals surface area contributed by atoms with Crippen LogP contribution in [0.4, 0.5) is 10.6 Å². The van der Waals surface area contributed by atoms with Crippen LogP contribution in [-0.4, -0.2) is 34.8 Å². The fourth-order valence-electron chi connectivity index (χ4n) is 2.46. The number of fused-ring (bicyclic) bond motifs is 1. The Labute approximate surface area is 155 Å². The number of amides is 1. The first-order chi connectivity index (χ1) is 11.7. The second-order valence-electron chi connectivity index (χ2n) is 6.79.